The number of anilines is 1. The van der Waals surface area contributed by atoms with Gasteiger partial charge >= 0.3 is 0 Å². The summed E-state index contributed by atoms with van der Waals surface area (Å²) in [6, 6.07) is 9.21. The van der Waals surface area contributed by atoms with Crippen LogP contribution in [0.1, 0.15) is 46.5 Å². The summed E-state index contributed by atoms with van der Waals surface area (Å²) in [5.74, 6) is 1.90. The highest BCUT2D eigenvalue weighted by Crippen LogP contribution is 2.39. The topological polar surface area (TPSA) is 15.7 Å². The second-order valence-electron chi connectivity index (χ2n) is 8.57. The van der Waals surface area contributed by atoms with Crippen LogP contribution in [0.3, 0.4) is 0 Å². The van der Waals surface area contributed by atoms with Gasteiger partial charge in [-0.05, 0) is 49.1 Å². The number of hydrogen-bond donors (Lipinski definition) is 0. The smallest absolute Gasteiger partial charge is 0.142 e. The number of para-hydroxylation sites is 2. The van der Waals surface area contributed by atoms with E-state index in [1.807, 2.05) is 6.07 Å². The molecule has 1 aromatic carbocycles. The molecule has 0 spiro atoms. The van der Waals surface area contributed by atoms with Crippen LogP contribution in [-0.2, 0) is 0 Å². The first-order chi connectivity index (χ1) is 11.5. The fourth-order valence-electron chi connectivity index (χ4n) is 4.53. The van der Waals surface area contributed by atoms with Gasteiger partial charge in [0.25, 0.3) is 0 Å². The molecule has 1 aromatic rings. The van der Waals surface area contributed by atoms with Crippen LogP contribution in [-0.4, -0.2) is 44.2 Å². The molecule has 3 nitrogen and oxygen atoms in total. The highest BCUT2D eigenvalue weighted by atomic mass is 16.5. The Balaban J connectivity index is 1.53. The van der Waals surface area contributed by atoms with E-state index in [1.54, 1.807) is 7.11 Å². The minimum absolute atomic E-state index is 0.480. The van der Waals surface area contributed by atoms with Crippen LogP contribution in [0.25, 0.3) is 0 Å². The average molecular weight is 331 g/mol. The first kappa shape index (κ1) is 17.6. The third kappa shape index (κ3) is 3.88. The molecule has 1 saturated carbocycles. The number of methoxy groups -OCH3 is 1. The van der Waals surface area contributed by atoms with Gasteiger partial charge in [-0.15, -0.1) is 0 Å². The lowest BCUT2D eigenvalue weighted by Crippen LogP contribution is -2.51. The van der Waals surface area contributed by atoms with Gasteiger partial charge in [0, 0.05) is 32.2 Å². The predicted molar refractivity (Wildman–Crippen MR) is 102 cm³/mol. The standard InChI is InChI=1S/C21H34N2O/c1-21(2,3)17-9-11-18(12-10-17)22-13-15-23(16-14-22)19-7-5-6-8-20(19)24-4/h5-8,17-18H,9-16H2,1-4H3. The average Bonchev–Trinajstić information content (AvgIpc) is 2.61. The van der Waals surface area contributed by atoms with Crippen LogP contribution in [0.15, 0.2) is 24.3 Å². The number of benzene rings is 1. The lowest BCUT2D eigenvalue weighted by Gasteiger charge is -2.44. The zero-order chi connectivity index (χ0) is 17.2. The zero-order valence-electron chi connectivity index (χ0n) is 15.9. The van der Waals surface area contributed by atoms with Crippen LogP contribution < -0.4 is 9.64 Å². The molecule has 0 radical (unpaired) electrons. The van der Waals surface area contributed by atoms with E-state index in [0.717, 1.165) is 30.8 Å². The minimum Gasteiger partial charge on any atom is -0.495 e. The molecule has 0 unspecified atom stereocenters. The van der Waals surface area contributed by atoms with Crippen molar-refractivity contribution in [3.63, 3.8) is 0 Å². The molecular weight excluding hydrogens is 296 g/mol. The molecular formula is C21H34N2O. The van der Waals surface area contributed by atoms with Crippen LogP contribution in [0, 0.1) is 11.3 Å². The van der Waals surface area contributed by atoms with Crippen LogP contribution in [0.4, 0.5) is 5.69 Å². The van der Waals surface area contributed by atoms with Crippen LogP contribution in [0.5, 0.6) is 5.75 Å². The zero-order valence-corrected chi connectivity index (χ0v) is 15.9. The summed E-state index contributed by atoms with van der Waals surface area (Å²) in [6.45, 7) is 11.8. The first-order valence-electron chi connectivity index (χ1n) is 9.61. The second kappa shape index (κ2) is 7.35. The lowest BCUT2D eigenvalue weighted by molar-refractivity contribution is 0.0917. The normalized spacial score (nSPS) is 26.4. The van der Waals surface area contributed by atoms with E-state index in [0.29, 0.717) is 5.41 Å². The number of ether oxygens (including phenoxy) is 1. The maximum Gasteiger partial charge on any atom is 0.142 e. The molecule has 1 saturated heterocycles. The second-order valence-corrected chi connectivity index (χ2v) is 8.57. The molecule has 134 valence electrons. The Labute approximate surface area is 148 Å². The van der Waals surface area contributed by atoms with Gasteiger partial charge in [0.2, 0.25) is 0 Å². The van der Waals surface area contributed by atoms with Gasteiger partial charge in [-0.25, -0.2) is 0 Å². The monoisotopic (exact) mass is 330 g/mol. The Morgan fingerprint density at radius 3 is 2.12 bits per heavy atom. The fourth-order valence-corrected chi connectivity index (χ4v) is 4.53. The van der Waals surface area contributed by atoms with Gasteiger partial charge in [0.05, 0.1) is 12.8 Å². The van der Waals surface area contributed by atoms with E-state index >= 15 is 0 Å². The van der Waals surface area contributed by atoms with Crippen molar-refractivity contribution in [3.8, 4) is 5.75 Å². The van der Waals surface area contributed by atoms with Crippen molar-refractivity contribution in [2.24, 2.45) is 11.3 Å². The van der Waals surface area contributed by atoms with Gasteiger partial charge in [-0.1, -0.05) is 32.9 Å². The van der Waals surface area contributed by atoms with Crippen LogP contribution >= 0.6 is 0 Å². The molecule has 1 aliphatic carbocycles. The third-order valence-corrected chi connectivity index (χ3v) is 6.18. The summed E-state index contributed by atoms with van der Waals surface area (Å²) in [7, 11) is 1.77. The van der Waals surface area contributed by atoms with Crippen molar-refractivity contribution >= 4 is 5.69 Å². The fraction of sp³-hybridized carbons (Fsp3) is 0.714. The Morgan fingerprint density at radius 1 is 0.917 bits per heavy atom. The summed E-state index contributed by atoms with van der Waals surface area (Å²) in [5.41, 5.74) is 1.73. The SMILES string of the molecule is COc1ccccc1N1CCN(C2CCC(C(C)(C)C)CC2)CC1. The van der Waals surface area contributed by atoms with E-state index < -0.39 is 0 Å². The lowest BCUT2D eigenvalue weighted by atomic mass is 9.71. The van der Waals surface area contributed by atoms with Gasteiger partial charge in [-0.2, -0.15) is 0 Å². The Bertz CT molecular complexity index is 521. The Kier molecular flexibility index (Phi) is 5.39. The molecule has 2 aliphatic rings. The minimum atomic E-state index is 0.480. The summed E-state index contributed by atoms with van der Waals surface area (Å²) >= 11 is 0. The van der Waals surface area contributed by atoms with Crippen molar-refractivity contribution in [1.29, 1.82) is 0 Å². The first-order valence-corrected chi connectivity index (χ1v) is 9.61. The van der Waals surface area contributed by atoms with E-state index in [9.17, 15) is 0 Å². The molecule has 3 rings (SSSR count). The van der Waals surface area contributed by atoms with Crippen molar-refractivity contribution < 1.29 is 4.74 Å². The van der Waals surface area contributed by atoms with Crippen molar-refractivity contribution in [1.82, 2.24) is 4.90 Å². The van der Waals surface area contributed by atoms with Crippen molar-refractivity contribution in [2.45, 2.75) is 52.5 Å². The van der Waals surface area contributed by atoms with Gasteiger partial charge in [-0.3, -0.25) is 4.90 Å². The van der Waals surface area contributed by atoms with E-state index in [-0.39, 0.29) is 0 Å². The van der Waals surface area contributed by atoms with Crippen molar-refractivity contribution in [3.05, 3.63) is 24.3 Å². The summed E-state index contributed by atoms with van der Waals surface area (Å²) in [6.07, 6.45) is 5.58. The number of nitrogens with zero attached hydrogens (tertiary/aromatic N) is 2. The van der Waals surface area contributed by atoms with E-state index in [4.69, 9.17) is 4.74 Å². The maximum atomic E-state index is 5.53. The van der Waals surface area contributed by atoms with Crippen molar-refractivity contribution in [2.75, 3.05) is 38.2 Å². The summed E-state index contributed by atoms with van der Waals surface area (Å²) in [4.78, 5) is 5.22. The van der Waals surface area contributed by atoms with E-state index in [1.165, 1.54) is 44.5 Å². The number of rotatable bonds is 3. The number of piperazine rings is 1. The molecule has 0 bridgehead atoms. The largest absolute Gasteiger partial charge is 0.495 e. The molecule has 0 aromatic heterocycles. The van der Waals surface area contributed by atoms with E-state index in [2.05, 4.69) is 48.8 Å². The summed E-state index contributed by atoms with van der Waals surface area (Å²) in [5, 5.41) is 0. The molecule has 0 amide bonds. The Hall–Kier alpha value is -1.22. The van der Waals surface area contributed by atoms with Gasteiger partial charge in [0.1, 0.15) is 5.75 Å². The Morgan fingerprint density at radius 2 is 1.54 bits per heavy atom. The van der Waals surface area contributed by atoms with Crippen LogP contribution in [0.2, 0.25) is 0 Å². The molecule has 2 fully saturated rings. The molecule has 1 aliphatic heterocycles. The maximum absolute atomic E-state index is 5.53. The highest BCUT2D eigenvalue weighted by Gasteiger charge is 2.33. The molecule has 0 N–H and O–H groups in total. The third-order valence-electron chi connectivity index (χ3n) is 6.18. The number of hydrogen-bond acceptors (Lipinski definition) is 3. The summed E-state index contributed by atoms with van der Waals surface area (Å²) < 4.78 is 5.53. The quantitative estimate of drug-likeness (QED) is 0.816. The molecule has 0 atom stereocenters. The van der Waals surface area contributed by atoms with Gasteiger partial charge < -0.3 is 9.64 Å². The molecule has 24 heavy (non-hydrogen) atoms. The molecule has 1 heterocycles. The van der Waals surface area contributed by atoms with Gasteiger partial charge in [0.15, 0.2) is 0 Å². The molecule has 3 heteroatoms. The highest BCUT2D eigenvalue weighted by molar-refractivity contribution is 5.58. The predicted octanol–water partition coefficient (Wildman–Crippen LogP) is 4.42.